The number of hydrogen-bond donors (Lipinski definition) is 2. The topological polar surface area (TPSA) is 97.3 Å². The highest BCUT2D eigenvalue weighted by Crippen LogP contribution is 2.29. The van der Waals surface area contributed by atoms with Crippen molar-refractivity contribution in [2.75, 3.05) is 24.1 Å². The minimum absolute atomic E-state index is 0.187. The van der Waals surface area contributed by atoms with E-state index in [4.69, 9.17) is 10.2 Å². The Kier molecular flexibility index (Phi) is 4.57. The maximum Gasteiger partial charge on any atom is 0.323 e. The van der Waals surface area contributed by atoms with Gasteiger partial charge in [0.1, 0.15) is 5.76 Å². The second-order valence-corrected chi connectivity index (χ2v) is 8.10. The van der Waals surface area contributed by atoms with Crippen molar-refractivity contribution in [3.8, 4) is 10.6 Å². The number of pyridine rings is 1. The van der Waals surface area contributed by atoms with Gasteiger partial charge in [-0.1, -0.05) is 0 Å². The third-order valence-electron chi connectivity index (χ3n) is 4.52. The number of likely N-dealkylation sites (tertiary alicyclic amines) is 1. The van der Waals surface area contributed by atoms with E-state index in [1.54, 1.807) is 28.5 Å². The fourth-order valence-corrected chi connectivity index (χ4v) is 3.90. The molecule has 1 fully saturated rings. The molecule has 0 radical (unpaired) electrons. The molecule has 0 unspecified atom stereocenters. The molecule has 1 aliphatic heterocycles. The average molecular weight is 383 g/mol. The Morgan fingerprint density at radius 1 is 1.33 bits per heavy atom. The number of thiophene rings is 1. The summed E-state index contributed by atoms with van der Waals surface area (Å²) < 4.78 is 5.50. The first-order valence-electron chi connectivity index (χ1n) is 8.78. The predicted octanol–water partition coefficient (Wildman–Crippen LogP) is 3.70. The molecular formula is C19H21N5O2S. The van der Waals surface area contributed by atoms with E-state index < -0.39 is 0 Å². The van der Waals surface area contributed by atoms with Crippen molar-refractivity contribution in [1.82, 2.24) is 14.9 Å². The number of urea groups is 1. The molecule has 3 aromatic heterocycles. The Morgan fingerprint density at radius 2 is 2.15 bits per heavy atom. The van der Waals surface area contributed by atoms with E-state index in [0.717, 1.165) is 28.6 Å². The summed E-state index contributed by atoms with van der Waals surface area (Å²) in [6.45, 7) is 5.25. The Bertz CT molecular complexity index is 974. The van der Waals surface area contributed by atoms with Crippen LogP contribution in [-0.2, 0) is 6.42 Å². The number of amides is 2. The Hall–Kier alpha value is -2.87. The highest BCUT2D eigenvalue weighted by Gasteiger charge is 2.32. The lowest BCUT2D eigenvalue weighted by atomic mass is 9.97. The molecule has 1 aliphatic rings. The van der Waals surface area contributed by atoms with Gasteiger partial charge in [-0.2, -0.15) is 0 Å². The van der Waals surface area contributed by atoms with Gasteiger partial charge in [0.2, 0.25) is 0 Å². The third kappa shape index (κ3) is 3.80. The SMILES string of the molecule is Cc1cnc(CC2CN(C(=O)Nc3nc(-c4ccc(C)s4)ccc3N)C2)o1. The lowest BCUT2D eigenvalue weighted by Gasteiger charge is -2.38. The summed E-state index contributed by atoms with van der Waals surface area (Å²) in [4.78, 5) is 25.2. The normalized spacial score (nSPS) is 14.2. The minimum atomic E-state index is -0.187. The van der Waals surface area contributed by atoms with E-state index in [2.05, 4.69) is 15.3 Å². The Balaban J connectivity index is 1.37. The number of hydrogen-bond acceptors (Lipinski definition) is 6. The molecule has 0 spiro atoms. The molecule has 1 saturated heterocycles. The van der Waals surface area contributed by atoms with E-state index in [-0.39, 0.29) is 6.03 Å². The lowest BCUT2D eigenvalue weighted by Crippen LogP contribution is -2.52. The fourth-order valence-electron chi connectivity index (χ4n) is 3.07. The quantitative estimate of drug-likeness (QED) is 0.716. The van der Waals surface area contributed by atoms with Crippen LogP contribution in [0.15, 0.2) is 34.9 Å². The summed E-state index contributed by atoms with van der Waals surface area (Å²) in [5.74, 6) is 2.29. The molecule has 27 heavy (non-hydrogen) atoms. The molecule has 0 bridgehead atoms. The van der Waals surface area contributed by atoms with Crippen molar-refractivity contribution in [3.63, 3.8) is 0 Å². The van der Waals surface area contributed by atoms with Crippen molar-refractivity contribution < 1.29 is 9.21 Å². The Morgan fingerprint density at radius 3 is 2.81 bits per heavy atom. The molecule has 140 valence electrons. The summed E-state index contributed by atoms with van der Waals surface area (Å²) in [6.07, 6.45) is 2.46. The summed E-state index contributed by atoms with van der Waals surface area (Å²) in [5.41, 5.74) is 7.26. The molecule has 3 aromatic rings. The number of aromatic nitrogens is 2. The van der Waals surface area contributed by atoms with E-state index >= 15 is 0 Å². The molecule has 0 atom stereocenters. The van der Waals surface area contributed by atoms with Crippen LogP contribution in [0.4, 0.5) is 16.3 Å². The minimum Gasteiger partial charge on any atom is -0.446 e. The van der Waals surface area contributed by atoms with Gasteiger partial charge in [-0.15, -0.1) is 11.3 Å². The van der Waals surface area contributed by atoms with Gasteiger partial charge in [0.15, 0.2) is 11.7 Å². The van der Waals surface area contributed by atoms with Gasteiger partial charge in [-0.25, -0.2) is 14.8 Å². The summed E-state index contributed by atoms with van der Waals surface area (Å²) in [6, 6.07) is 7.53. The molecule has 4 rings (SSSR count). The molecule has 0 aromatic carbocycles. The van der Waals surface area contributed by atoms with Gasteiger partial charge in [0.05, 0.1) is 22.5 Å². The zero-order chi connectivity index (χ0) is 19.0. The fraction of sp³-hybridized carbons (Fsp3) is 0.316. The van der Waals surface area contributed by atoms with E-state index in [0.29, 0.717) is 30.5 Å². The van der Waals surface area contributed by atoms with Crippen LogP contribution in [0.2, 0.25) is 0 Å². The number of carbonyl (C=O) groups is 1. The second kappa shape index (κ2) is 7.03. The van der Waals surface area contributed by atoms with Crippen LogP contribution in [0.3, 0.4) is 0 Å². The standard InChI is InChI=1S/C19H21N5O2S/c1-11-8-21-17(26-11)7-13-9-24(10-13)19(25)23-18-14(20)4-5-15(22-18)16-6-3-12(2)27-16/h3-6,8,13H,7,9-10,20H2,1-2H3,(H,22,23,25). The van der Waals surface area contributed by atoms with Gasteiger partial charge in [0, 0.05) is 30.3 Å². The van der Waals surface area contributed by atoms with E-state index in [9.17, 15) is 4.79 Å². The van der Waals surface area contributed by atoms with E-state index in [1.165, 1.54) is 4.88 Å². The molecule has 0 aliphatic carbocycles. The van der Waals surface area contributed by atoms with Gasteiger partial charge < -0.3 is 15.1 Å². The number of nitrogen functional groups attached to an aromatic ring is 1. The van der Waals surface area contributed by atoms with Gasteiger partial charge in [-0.3, -0.25) is 5.32 Å². The highest BCUT2D eigenvalue weighted by atomic mass is 32.1. The van der Waals surface area contributed by atoms with Crippen molar-refractivity contribution in [1.29, 1.82) is 0 Å². The first-order valence-corrected chi connectivity index (χ1v) is 9.60. The van der Waals surface area contributed by atoms with Crippen molar-refractivity contribution >= 4 is 28.9 Å². The number of nitrogens with one attached hydrogen (secondary N) is 1. The number of carbonyl (C=O) groups excluding carboxylic acids is 1. The molecule has 3 N–H and O–H groups in total. The smallest absolute Gasteiger partial charge is 0.323 e. The number of nitrogens with two attached hydrogens (primary N) is 1. The number of aryl methyl sites for hydroxylation is 2. The first kappa shape index (κ1) is 17.5. The van der Waals surface area contributed by atoms with Crippen LogP contribution in [0, 0.1) is 19.8 Å². The zero-order valence-electron chi connectivity index (χ0n) is 15.2. The molecule has 0 saturated carbocycles. The van der Waals surface area contributed by atoms with Gasteiger partial charge in [-0.05, 0) is 38.1 Å². The van der Waals surface area contributed by atoms with Crippen LogP contribution in [0.1, 0.15) is 16.5 Å². The van der Waals surface area contributed by atoms with Crippen LogP contribution in [-0.4, -0.2) is 34.0 Å². The predicted molar refractivity (Wildman–Crippen MR) is 106 cm³/mol. The lowest BCUT2D eigenvalue weighted by molar-refractivity contribution is 0.126. The molecule has 2 amide bonds. The summed E-state index contributed by atoms with van der Waals surface area (Å²) in [5, 5.41) is 2.83. The first-order chi connectivity index (χ1) is 13.0. The third-order valence-corrected chi connectivity index (χ3v) is 5.54. The molecular weight excluding hydrogens is 362 g/mol. The maximum atomic E-state index is 12.5. The van der Waals surface area contributed by atoms with Crippen LogP contribution < -0.4 is 11.1 Å². The Labute approximate surface area is 161 Å². The van der Waals surface area contributed by atoms with Crippen LogP contribution >= 0.6 is 11.3 Å². The largest absolute Gasteiger partial charge is 0.446 e. The molecule has 4 heterocycles. The molecule has 7 nitrogen and oxygen atoms in total. The second-order valence-electron chi connectivity index (χ2n) is 6.81. The van der Waals surface area contributed by atoms with Crippen LogP contribution in [0.5, 0.6) is 0 Å². The van der Waals surface area contributed by atoms with Crippen molar-refractivity contribution in [2.45, 2.75) is 20.3 Å². The highest BCUT2D eigenvalue weighted by molar-refractivity contribution is 7.15. The van der Waals surface area contributed by atoms with E-state index in [1.807, 2.05) is 32.0 Å². The number of rotatable bonds is 4. The van der Waals surface area contributed by atoms with Crippen molar-refractivity contribution in [2.24, 2.45) is 5.92 Å². The average Bonchev–Trinajstić information content (AvgIpc) is 3.21. The number of oxazole rings is 1. The zero-order valence-corrected chi connectivity index (χ0v) is 16.0. The number of nitrogens with zero attached hydrogens (tertiary/aromatic N) is 3. The monoisotopic (exact) mass is 383 g/mol. The van der Waals surface area contributed by atoms with Gasteiger partial charge in [0.25, 0.3) is 0 Å². The summed E-state index contributed by atoms with van der Waals surface area (Å²) in [7, 11) is 0. The number of anilines is 2. The molecule has 8 heteroatoms. The van der Waals surface area contributed by atoms with Crippen LogP contribution in [0.25, 0.3) is 10.6 Å². The summed E-state index contributed by atoms with van der Waals surface area (Å²) >= 11 is 1.66. The maximum absolute atomic E-state index is 12.5. The van der Waals surface area contributed by atoms with Gasteiger partial charge >= 0.3 is 6.03 Å². The van der Waals surface area contributed by atoms with Crippen molar-refractivity contribution in [3.05, 3.63) is 47.0 Å².